The minimum absolute atomic E-state index is 0.240. The second kappa shape index (κ2) is 8.69. The van der Waals surface area contributed by atoms with Crippen LogP contribution in [0.4, 0.5) is 11.6 Å². The Morgan fingerprint density at radius 1 is 1.14 bits per heavy atom. The summed E-state index contributed by atoms with van der Waals surface area (Å²) in [5.74, 6) is 0.842. The van der Waals surface area contributed by atoms with Gasteiger partial charge in [0.1, 0.15) is 11.0 Å². The molecule has 0 saturated heterocycles. The van der Waals surface area contributed by atoms with Crippen molar-refractivity contribution in [2.75, 3.05) is 12.4 Å². The molecule has 0 aliphatic carbocycles. The van der Waals surface area contributed by atoms with E-state index in [0.29, 0.717) is 40.6 Å². The molecule has 1 aliphatic heterocycles. The molecule has 9 nitrogen and oxygen atoms in total. The number of nitrogens with zero attached hydrogens (tertiary/aromatic N) is 6. The van der Waals surface area contributed by atoms with Crippen LogP contribution in [0.5, 0.6) is 0 Å². The Labute approximate surface area is 209 Å². The second-order valence-corrected chi connectivity index (χ2v) is 9.84. The molecule has 0 spiro atoms. The molecule has 0 bridgehead atoms. The summed E-state index contributed by atoms with van der Waals surface area (Å²) < 4.78 is 3.17. The van der Waals surface area contributed by atoms with E-state index in [1.807, 2.05) is 6.07 Å². The molecule has 2 N–H and O–H groups in total. The van der Waals surface area contributed by atoms with E-state index in [4.69, 9.17) is 4.98 Å². The third kappa shape index (κ3) is 3.90. The number of aromatic nitrogens is 5. The lowest BCUT2D eigenvalue weighted by atomic mass is 10.0. The van der Waals surface area contributed by atoms with E-state index in [1.54, 1.807) is 42.8 Å². The molecule has 9 heteroatoms. The number of hydrogen-bond acceptors (Lipinski definition) is 7. The Hall–Kier alpha value is -3.82. The molecule has 4 heterocycles. The fourth-order valence-corrected chi connectivity index (χ4v) is 4.79. The summed E-state index contributed by atoms with van der Waals surface area (Å²) in [7, 11) is 2.13. The highest BCUT2D eigenvalue weighted by Gasteiger charge is 2.30. The number of fused-ring (bicyclic) bond motifs is 2. The van der Waals surface area contributed by atoms with E-state index in [-0.39, 0.29) is 12.1 Å². The van der Waals surface area contributed by atoms with Crippen LogP contribution < -0.4 is 10.9 Å². The maximum Gasteiger partial charge on any atom is 0.278 e. The lowest BCUT2D eigenvalue weighted by Crippen LogP contribution is -2.23. The molecule has 1 aromatic carbocycles. The summed E-state index contributed by atoms with van der Waals surface area (Å²) in [5, 5.41) is 14.2. The van der Waals surface area contributed by atoms with E-state index in [2.05, 4.69) is 59.8 Å². The van der Waals surface area contributed by atoms with E-state index in [9.17, 15) is 9.90 Å². The van der Waals surface area contributed by atoms with Crippen molar-refractivity contribution in [3.63, 3.8) is 0 Å². The molecule has 0 radical (unpaired) electrons. The van der Waals surface area contributed by atoms with E-state index in [0.717, 1.165) is 5.69 Å². The highest BCUT2D eigenvalue weighted by molar-refractivity contribution is 5.77. The van der Waals surface area contributed by atoms with Crippen LogP contribution >= 0.6 is 0 Å². The van der Waals surface area contributed by atoms with Crippen molar-refractivity contribution in [3.8, 4) is 5.82 Å². The molecule has 186 valence electrons. The number of benzene rings is 1. The number of hydrogen-bond donors (Lipinski definition) is 2. The van der Waals surface area contributed by atoms with Gasteiger partial charge in [0.25, 0.3) is 5.56 Å². The minimum atomic E-state index is -1.14. The highest BCUT2D eigenvalue weighted by atomic mass is 16.3. The van der Waals surface area contributed by atoms with Gasteiger partial charge in [0.05, 0.1) is 12.2 Å². The summed E-state index contributed by atoms with van der Waals surface area (Å²) in [6, 6.07) is 12.3. The van der Waals surface area contributed by atoms with E-state index in [1.165, 1.54) is 22.0 Å². The summed E-state index contributed by atoms with van der Waals surface area (Å²) in [4.78, 5) is 29.3. The predicted molar refractivity (Wildman–Crippen MR) is 141 cm³/mol. The van der Waals surface area contributed by atoms with Gasteiger partial charge < -0.3 is 10.4 Å². The normalized spacial score (nSPS) is 17.9. The van der Waals surface area contributed by atoms with Gasteiger partial charge in [-0.15, -0.1) is 6.58 Å². The summed E-state index contributed by atoms with van der Waals surface area (Å²) in [6.07, 6.45) is 3.18. The van der Waals surface area contributed by atoms with Gasteiger partial charge in [-0.2, -0.15) is 4.98 Å². The first-order valence-electron chi connectivity index (χ1n) is 12.0. The van der Waals surface area contributed by atoms with Gasteiger partial charge in [-0.1, -0.05) is 18.2 Å². The van der Waals surface area contributed by atoms with Crippen molar-refractivity contribution in [1.82, 2.24) is 29.2 Å². The Kier molecular flexibility index (Phi) is 5.77. The Morgan fingerprint density at radius 3 is 2.61 bits per heavy atom. The Bertz CT molecular complexity index is 1530. The molecule has 0 saturated carbocycles. The molecule has 1 aliphatic rings. The summed E-state index contributed by atoms with van der Waals surface area (Å²) in [6.45, 7) is 11.8. The second-order valence-electron chi connectivity index (χ2n) is 9.84. The zero-order valence-corrected chi connectivity index (χ0v) is 21.2. The molecule has 3 aromatic heterocycles. The summed E-state index contributed by atoms with van der Waals surface area (Å²) >= 11 is 0. The first-order valence-corrected chi connectivity index (χ1v) is 12.0. The third-order valence-electron chi connectivity index (χ3n) is 7.02. The Balaban J connectivity index is 1.61. The van der Waals surface area contributed by atoms with Gasteiger partial charge in [-0.25, -0.2) is 19.3 Å². The van der Waals surface area contributed by atoms with Crippen molar-refractivity contribution in [2.24, 2.45) is 0 Å². The molecule has 2 atom stereocenters. The molecule has 5 rings (SSSR count). The van der Waals surface area contributed by atoms with Gasteiger partial charge in [-0.3, -0.25) is 9.69 Å². The SMILES string of the molecule is C=CCn1c(=O)c2cnc(Nc3ccc4c(c3)C(C)N(C)C4C)nc2n1-c1cccc(C(C)(C)O)n1. The van der Waals surface area contributed by atoms with Crippen LogP contribution in [0.3, 0.4) is 0 Å². The molecule has 4 aromatic rings. The quantitative estimate of drug-likeness (QED) is 0.395. The number of rotatable bonds is 6. The van der Waals surface area contributed by atoms with Gasteiger partial charge in [-0.05, 0) is 70.1 Å². The van der Waals surface area contributed by atoms with E-state index >= 15 is 0 Å². The van der Waals surface area contributed by atoms with Crippen LogP contribution in [0.2, 0.25) is 0 Å². The number of allylic oxidation sites excluding steroid dienone is 1. The average Bonchev–Trinajstić information content (AvgIpc) is 3.24. The number of nitrogens with one attached hydrogen (secondary N) is 1. The Morgan fingerprint density at radius 2 is 1.89 bits per heavy atom. The maximum absolute atomic E-state index is 13.2. The van der Waals surface area contributed by atoms with E-state index < -0.39 is 5.60 Å². The topological polar surface area (TPSA) is 101 Å². The van der Waals surface area contributed by atoms with Crippen LogP contribution in [0.1, 0.15) is 56.6 Å². The fraction of sp³-hybridized carbons (Fsp3) is 0.333. The molecule has 2 unspecified atom stereocenters. The number of anilines is 2. The molecular formula is C27H31N7O2. The van der Waals surface area contributed by atoms with Crippen molar-refractivity contribution >= 4 is 22.7 Å². The fourth-order valence-electron chi connectivity index (χ4n) is 4.79. The van der Waals surface area contributed by atoms with Crippen LogP contribution in [0.25, 0.3) is 16.9 Å². The van der Waals surface area contributed by atoms with Crippen molar-refractivity contribution < 1.29 is 5.11 Å². The number of pyridine rings is 1. The van der Waals surface area contributed by atoms with Gasteiger partial charge >= 0.3 is 0 Å². The maximum atomic E-state index is 13.2. The average molecular weight is 486 g/mol. The zero-order chi connectivity index (χ0) is 25.8. The van der Waals surface area contributed by atoms with Crippen LogP contribution in [0.15, 0.2) is 60.0 Å². The third-order valence-corrected chi connectivity index (χ3v) is 7.02. The molecule has 36 heavy (non-hydrogen) atoms. The van der Waals surface area contributed by atoms with Crippen LogP contribution in [-0.2, 0) is 12.1 Å². The first kappa shape index (κ1) is 23.9. The molecular weight excluding hydrogens is 454 g/mol. The van der Waals surface area contributed by atoms with Crippen molar-refractivity contribution in [3.05, 3.63) is 82.4 Å². The first-order chi connectivity index (χ1) is 17.1. The highest BCUT2D eigenvalue weighted by Crippen LogP contribution is 2.41. The lowest BCUT2D eigenvalue weighted by molar-refractivity contribution is 0.0738. The zero-order valence-electron chi connectivity index (χ0n) is 21.2. The largest absolute Gasteiger partial charge is 0.384 e. The van der Waals surface area contributed by atoms with Gasteiger partial charge in [0.2, 0.25) is 5.95 Å². The van der Waals surface area contributed by atoms with Gasteiger partial charge in [0.15, 0.2) is 11.5 Å². The molecule has 0 fully saturated rings. The summed E-state index contributed by atoms with van der Waals surface area (Å²) in [5.41, 5.74) is 3.00. The van der Waals surface area contributed by atoms with Crippen LogP contribution in [0, 0.1) is 0 Å². The van der Waals surface area contributed by atoms with Gasteiger partial charge in [0, 0.05) is 24.0 Å². The standard InChI is InChI=1S/C27H31N7O2/c1-7-13-33-25(35)21-15-28-26(29-18-11-12-19-16(2)32(6)17(3)20(19)14-18)31-24(21)34(33)23-10-8-9-22(30-23)27(4,5)36/h7-12,14-17,36H,1,13H2,2-6H3,(H,28,29,31). The monoisotopic (exact) mass is 485 g/mol. The number of aliphatic hydroxyl groups is 1. The predicted octanol–water partition coefficient (Wildman–Crippen LogP) is 4.20. The van der Waals surface area contributed by atoms with Crippen LogP contribution in [-0.4, -0.2) is 41.4 Å². The smallest absolute Gasteiger partial charge is 0.278 e. The van der Waals surface area contributed by atoms with Crippen molar-refractivity contribution in [1.29, 1.82) is 0 Å². The molecule has 0 amide bonds. The minimum Gasteiger partial charge on any atom is -0.384 e. The lowest BCUT2D eigenvalue weighted by Gasteiger charge is -2.20. The van der Waals surface area contributed by atoms with Crippen molar-refractivity contribution in [2.45, 2.75) is 51.9 Å².